The van der Waals surface area contributed by atoms with Gasteiger partial charge in [0.05, 0.1) is 14.3 Å². The number of hydrogen-bond acceptors (Lipinski definition) is 5. The molecule has 2 aromatic rings. The standard InChI is InChI=1S/C29H32BrN3O4/c1-19-12-13-21(32(34)35)16-22(19)28(3,4)20(2)10-9-11-27-29(14-7-6-8-15-29)23-17-26(33(36)37)24(30)18-25(23)31(27)5/h9-13,16-18H,2,6-8,14-15H2,1,3-5H3/b10-9+,27-11+. The van der Waals surface area contributed by atoms with Crippen LogP contribution in [0.3, 0.4) is 0 Å². The molecule has 1 heterocycles. The van der Waals surface area contributed by atoms with Crippen LogP contribution in [0.5, 0.6) is 0 Å². The van der Waals surface area contributed by atoms with Crippen molar-refractivity contribution < 1.29 is 9.85 Å². The van der Waals surface area contributed by atoms with Crippen molar-refractivity contribution in [2.45, 2.75) is 63.7 Å². The Kier molecular flexibility index (Phi) is 7.16. The topological polar surface area (TPSA) is 89.5 Å². The van der Waals surface area contributed by atoms with Crippen LogP contribution in [0.15, 0.2) is 70.9 Å². The van der Waals surface area contributed by atoms with Crippen LogP contribution in [-0.4, -0.2) is 16.9 Å². The summed E-state index contributed by atoms with van der Waals surface area (Å²) in [4.78, 5) is 24.5. The first-order chi connectivity index (χ1) is 17.4. The molecule has 1 aliphatic heterocycles. The van der Waals surface area contributed by atoms with Crippen LogP contribution in [0.25, 0.3) is 0 Å². The summed E-state index contributed by atoms with van der Waals surface area (Å²) < 4.78 is 0.480. The van der Waals surface area contributed by atoms with Gasteiger partial charge in [-0.25, -0.2) is 0 Å². The maximum Gasteiger partial charge on any atom is 0.283 e. The molecule has 0 unspecified atom stereocenters. The summed E-state index contributed by atoms with van der Waals surface area (Å²) in [6.45, 7) is 10.3. The van der Waals surface area contributed by atoms with Crippen molar-refractivity contribution in [1.82, 2.24) is 0 Å². The average molecular weight is 566 g/mol. The third-order valence-electron chi connectivity index (χ3n) is 8.16. The maximum atomic E-state index is 11.7. The molecule has 2 aliphatic rings. The predicted molar refractivity (Wildman–Crippen MR) is 151 cm³/mol. The number of non-ortho nitro benzene ring substituents is 1. The highest BCUT2D eigenvalue weighted by atomic mass is 79.9. The molecule has 0 saturated heterocycles. The largest absolute Gasteiger partial charge is 0.347 e. The molecule has 0 atom stereocenters. The van der Waals surface area contributed by atoms with Crippen LogP contribution in [-0.2, 0) is 10.8 Å². The Balaban J connectivity index is 1.71. The third-order valence-corrected chi connectivity index (χ3v) is 8.79. The lowest BCUT2D eigenvalue weighted by Gasteiger charge is -2.36. The fraction of sp³-hybridized carbons (Fsp3) is 0.379. The summed E-state index contributed by atoms with van der Waals surface area (Å²) in [5.74, 6) is 0. The van der Waals surface area contributed by atoms with Gasteiger partial charge in [-0.05, 0) is 70.1 Å². The minimum absolute atomic E-state index is 0.0670. The van der Waals surface area contributed by atoms with E-state index in [2.05, 4.69) is 33.5 Å². The molecule has 194 valence electrons. The number of aryl methyl sites for hydroxylation is 1. The Morgan fingerprint density at radius 2 is 1.78 bits per heavy atom. The van der Waals surface area contributed by atoms with Crippen molar-refractivity contribution in [2.24, 2.45) is 0 Å². The van der Waals surface area contributed by atoms with Gasteiger partial charge in [0, 0.05) is 47.5 Å². The molecule has 4 rings (SSSR count). The molecule has 0 amide bonds. The SMILES string of the molecule is C=C(/C=C/C=C1/N(C)c2cc(Br)c([N+](=O)[O-])cc2C12CCCCC2)C(C)(C)c1cc([N+](=O)[O-])ccc1C. The normalized spacial score (nSPS) is 18.0. The van der Waals surface area contributed by atoms with E-state index in [4.69, 9.17) is 0 Å². The molecular weight excluding hydrogens is 534 g/mol. The predicted octanol–water partition coefficient (Wildman–Crippen LogP) is 8.20. The van der Waals surface area contributed by atoms with Crippen molar-refractivity contribution in [3.63, 3.8) is 0 Å². The van der Waals surface area contributed by atoms with Crippen LogP contribution in [0.2, 0.25) is 0 Å². The first-order valence-electron chi connectivity index (χ1n) is 12.5. The summed E-state index contributed by atoms with van der Waals surface area (Å²) in [7, 11) is 2.02. The second-order valence-corrected chi connectivity index (χ2v) is 11.5. The number of fused-ring (bicyclic) bond motifs is 2. The molecule has 0 aromatic heterocycles. The van der Waals surface area contributed by atoms with E-state index in [0.29, 0.717) is 4.47 Å². The lowest BCUT2D eigenvalue weighted by molar-refractivity contribution is -0.385. The summed E-state index contributed by atoms with van der Waals surface area (Å²) >= 11 is 3.39. The van der Waals surface area contributed by atoms with E-state index in [9.17, 15) is 20.2 Å². The second kappa shape index (κ2) is 9.89. The molecule has 37 heavy (non-hydrogen) atoms. The average Bonchev–Trinajstić information content (AvgIpc) is 3.05. The van der Waals surface area contributed by atoms with E-state index in [0.717, 1.165) is 65.8 Å². The first kappa shape index (κ1) is 26.8. The smallest absolute Gasteiger partial charge is 0.283 e. The Bertz CT molecular complexity index is 1350. The Morgan fingerprint density at radius 3 is 2.41 bits per heavy atom. The van der Waals surface area contributed by atoms with E-state index in [1.165, 1.54) is 6.07 Å². The van der Waals surface area contributed by atoms with Crippen LogP contribution < -0.4 is 4.90 Å². The quantitative estimate of drug-likeness (QED) is 0.200. The Morgan fingerprint density at radius 1 is 1.11 bits per heavy atom. The molecule has 0 radical (unpaired) electrons. The summed E-state index contributed by atoms with van der Waals surface area (Å²) in [6, 6.07) is 8.55. The van der Waals surface area contributed by atoms with Gasteiger partial charge in [0.1, 0.15) is 0 Å². The molecule has 1 fully saturated rings. The number of likely N-dealkylation sites (N-methyl/N-ethyl adjacent to an activating group) is 1. The lowest BCUT2D eigenvalue weighted by atomic mass is 9.68. The van der Waals surface area contributed by atoms with Crippen molar-refractivity contribution >= 4 is 33.0 Å². The molecule has 0 N–H and O–H groups in total. The Hall–Kier alpha value is -3.26. The molecule has 8 heteroatoms. The minimum atomic E-state index is -0.510. The van der Waals surface area contributed by atoms with Crippen LogP contribution in [0.1, 0.15) is 62.6 Å². The second-order valence-electron chi connectivity index (χ2n) is 10.6. The lowest BCUT2D eigenvalue weighted by Crippen LogP contribution is -2.31. The van der Waals surface area contributed by atoms with Crippen molar-refractivity contribution in [2.75, 3.05) is 11.9 Å². The van der Waals surface area contributed by atoms with E-state index in [-0.39, 0.29) is 26.6 Å². The van der Waals surface area contributed by atoms with Crippen LogP contribution in [0, 0.1) is 27.2 Å². The van der Waals surface area contributed by atoms with E-state index in [1.54, 1.807) is 18.2 Å². The highest BCUT2D eigenvalue weighted by molar-refractivity contribution is 9.10. The van der Waals surface area contributed by atoms with E-state index in [1.807, 2.05) is 46.0 Å². The zero-order valence-corrected chi connectivity index (χ0v) is 23.3. The zero-order chi connectivity index (χ0) is 27.1. The van der Waals surface area contributed by atoms with Gasteiger partial charge in [-0.2, -0.15) is 0 Å². The van der Waals surface area contributed by atoms with Gasteiger partial charge in [0.25, 0.3) is 11.4 Å². The Labute approximate surface area is 226 Å². The van der Waals surface area contributed by atoms with E-state index < -0.39 is 5.41 Å². The van der Waals surface area contributed by atoms with Crippen molar-refractivity contribution in [3.8, 4) is 0 Å². The molecular formula is C29H32BrN3O4. The molecule has 1 aliphatic carbocycles. The van der Waals surface area contributed by atoms with Crippen molar-refractivity contribution in [1.29, 1.82) is 0 Å². The van der Waals surface area contributed by atoms with E-state index >= 15 is 0 Å². The number of nitro benzene ring substituents is 2. The molecule has 2 aromatic carbocycles. The fourth-order valence-corrected chi connectivity index (χ4v) is 6.40. The number of benzene rings is 2. The third kappa shape index (κ3) is 4.63. The van der Waals surface area contributed by atoms with Gasteiger partial charge in [-0.1, -0.05) is 57.9 Å². The summed E-state index contributed by atoms with van der Waals surface area (Å²) in [5, 5.41) is 23.0. The highest BCUT2D eigenvalue weighted by Gasteiger charge is 2.47. The highest BCUT2D eigenvalue weighted by Crippen LogP contribution is 2.56. The van der Waals surface area contributed by atoms with Gasteiger partial charge in [-0.15, -0.1) is 0 Å². The van der Waals surface area contributed by atoms with Gasteiger partial charge in [-0.3, -0.25) is 20.2 Å². The van der Waals surface area contributed by atoms with Crippen LogP contribution >= 0.6 is 15.9 Å². The van der Waals surface area contributed by atoms with Crippen molar-refractivity contribution in [3.05, 3.63) is 108 Å². The fourth-order valence-electron chi connectivity index (χ4n) is 5.93. The van der Waals surface area contributed by atoms with Crippen LogP contribution in [0.4, 0.5) is 17.1 Å². The molecule has 7 nitrogen and oxygen atoms in total. The number of nitrogens with zero attached hydrogens (tertiary/aromatic N) is 3. The van der Waals surface area contributed by atoms with Gasteiger partial charge in [0.15, 0.2) is 0 Å². The van der Waals surface area contributed by atoms with Gasteiger partial charge >= 0.3 is 0 Å². The first-order valence-corrected chi connectivity index (χ1v) is 13.3. The summed E-state index contributed by atoms with van der Waals surface area (Å²) in [6.07, 6.45) is 11.3. The number of allylic oxidation sites excluding steroid dienone is 5. The number of rotatable bonds is 6. The zero-order valence-electron chi connectivity index (χ0n) is 21.7. The molecule has 1 spiro atoms. The molecule has 0 bridgehead atoms. The number of nitro groups is 2. The number of halogens is 1. The summed E-state index contributed by atoms with van der Waals surface area (Å²) in [5.41, 5.74) is 5.22. The number of anilines is 1. The molecule has 1 saturated carbocycles. The monoisotopic (exact) mass is 565 g/mol. The maximum absolute atomic E-state index is 11.7. The number of hydrogen-bond donors (Lipinski definition) is 0. The minimum Gasteiger partial charge on any atom is -0.347 e. The van der Waals surface area contributed by atoms with Gasteiger partial charge in [0.2, 0.25) is 0 Å². The van der Waals surface area contributed by atoms with Gasteiger partial charge < -0.3 is 4.90 Å².